The van der Waals surface area contributed by atoms with Crippen molar-refractivity contribution in [1.82, 2.24) is 9.97 Å². The van der Waals surface area contributed by atoms with Crippen LogP contribution < -0.4 is 15.4 Å². The Hall–Kier alpha value is -2.34. The number of anilines is 3. The molecule has 0 radical (unpaired) electrons. The molecule has 3 N–H and O–H groups in total. The van der Waals surface area contributed by atoms with Crippen LogP contribution in [0.5, 0.6) is 5.75 Å². The van der Waals surface area contributed by atoms with E-state index in [1.54, 1.807) is 0 Å². The van der Waals surface area contributed by atoms with Gasteiger partial charge in [-0.3, -0.25) is 0 Å². The lowest BCUT2D eigenvalue weighted by Crippen LogP contribution is -2.08. The van der Waals surface area contributed by atoms with Crippen LogP contribution in [0, 0.1) is 6.92 Å². The number of rotatable bonds is 9. The first-order valence-corrected chi connectivity index (χ1v) is 8.31. The van der Waals surface area contributed by atoms with Gasteiger partial charge in [0.15, 0.2) is 0 Å². The number of aromatic nitrogens is 2. The minimum Gasteiger partial charge on any atom is -0.491 e. The summed E-state index contributed by atoms with van der Waals surface area (Å²) in [6.45, 7) is 6.89. The average molecular weight is 330 g/mol. The lowest BCUT2D eigenvalue weighted by atomic mass is 10.3. The van der Waals surface area contributed by atoms with Crippen LogP contribution in [0.1, 0.15) is 32.4 Å². The van der Waals surface area contributed by atoms with Crippen molar-refractivity contribution in [2.75, 3.05) is 23.8 Å². The molecular weight excluding hydrogens is 304 g/mol. The van der Waals surface area contributed by atoms with Gasteiger partial charge in [-0.2, -0.15) is 4.98 Å². The van der Waals surface area contributed by atoms with Gasteiger partial charge in [-0.1, -0.05) is 0 Å². The third kappa shape index (κ3) is 6.04. The number of nitrogens with one attached hydrogen (secondary N) is 2. The Balaban J connectivity index is 1.99. The van der Waals surface area contributed by atoms with Crippen LogP contribution in [0.2, 0.25) is 0 Å². The summed E-state index contributed by atoms with van der Waals surface area (Å²) in [6.07, 6.45) is 1.82. The first-order valence-electron chi connectivity index (χ1n) is 8.31. The maximum absolute atomic E-state index is 8.81. The fourth-order valence-corrected chi connectivity index (χ4v) is 2.19. The van der Waals surface area contributed by atoms with Crippen molar-refractivity contribution in [2.24, 2.45) is 0 Å². The second-order valence-corrected chi connectivity index (χ2v) is 5.89. The van der Waals surface area contributed by atoms with Gasteiger partial charge in [0.25, 0.3) is 0 Å². The molecule has 2 rings (SSSR count). The largest absolute Gasteiger partial charge is 0.491 e. The van der Waals surface area contributed by atoms with Crippen molar-refractivity contribution in [3.8, 4) is 5.75 Å². The lowest BCUT2D eigenvalue weighted by molar-refractivity contribution is 0.242. The number of hydrogen-bond acceptors (Lipinski definition) is 6. The van der Waals surface area contributed by atoms with Crippen molar-refractivity contribution in [2.45, 2.75) is 39.7 Å². The van der Waals surface area contributed by atoms with E-state index < -0.39 is 0 Å². The highest BCUT2D eigenvalue weighted by Crippen LogP contribution is 2.20. The molecule has 0 aliphatic carbocycles. The summed E-state index contributed by atoms with van der Waals surface area (Å²) in [7, 11) is 0. The van der Waals surface area contributed by atoms with Gasteiger partial charge >= 0.3 is 0 Å². The molecule has 0 aliphatic heterocycles. The summed E-state index contributed by atoms with van der Waals surface area (Å²) in [5.74, 6) is 2.18. The van der Waals surface area contributed by atoms with Gasteiger partial charge in [0.1, 0.15) is 11.6 Å². The maximum Gasteiger partial charge on any atom is 0.224 e. The average Bonchev–Trinajstić information content (AvgIpc) is 2.52. The van der Waals surface area contributed by atoms with Crippen LogP contribution in [0.4, 0.5) is 17.5 Å². The minimum atomic E-state index is 0.160. The van der Waals surface area contributed by atoms with Gasteiger partial charge in [0.2, 0.25) is 5.95 Å². The first kappa shape index (κ1) is 18.0. The van der Waals surface area contributed by atoms with Gasteiger partial charge in [-0.05, 0) is 57.9 Å². The molecule has 0 saturated heterocycles. The van der Waals surface area contributed by atoms with Gasteiger partial charge in [0, 0.05) is 30.6 Å². The Morgan fingerprint density at radius 1 is 1.12 bits per heavy atom. The van der Waals surface area contributed by atoms with Crippen LogP contribution in [-0.4, -0.2) is 34.3 Å². The number of nitrogens with zero attached hydrogens (tertiary/aromatic N) is 2. The number of ether oxygens (including phenoxy) is 1. The maximum atomic E-state index is 8.81. The number of aliphatic hydroxyl groups is 1. The van der Waals surface area contributed by atoms with Crippen LogP contribution in [0.3, 0.4) is 0 Å². The number of benzene rings is 1. The van der Waals surface area contributed by atoms with Crippen molar-refractivity contribution < 1.29 is 9.84 Å². The normalized spacial score (nSPS) is 10.7. The van der Waals surface area contributed by atoms with E-state index in [0.29, 0.717) is 5.95 Å². The predicted molar refractivity (Wildman–Crippen MR) is 97.1 cm³/mol. The number of aliphatic hydroxyl groups excluding tert-OH is 1. The smallest absolute Gasteiger partial charge is 0.224 e. The molecule has 0 aliphatic rings. The highest BCUT2D eigenvalue weighted by molar-refractivity contribution is 5.58. The van der Waals surface area contributed by atoms with E-state index >= 15 is 0 Å². The predicted octanol–water partition coefficient (Wildman–Crippen LogP) is 3.50. The molecule has 130 valence electrons. The summed E-state index contributed by atoms with van der Waals surface area (Å²) in [6, 6.07) is 9.69. The standard InChI is InChI=1S/C18H26N4O2/c1-13(2)24-16-8-6-15(7-9-16)21-17-12-14(3)20-18(22-17)19-10-4-5-11-23/h6-9,12-13,23H,4-5,10-11H2,1-3H3,(H2,19,20,21,22). The van der Waals surface area contributed by atoms with Crippen molar-refractivity contribution in [3.05, 3.63) is 36.0 Å². The van der Waals surface area contributed by atoms with E-state index in [9.17, 15) is 0 Å². The molecular formula is C18H26N4O2. The third-order valence-electron chi connectivity index (χ3n) is 3.22. The zero-order valence-corrected chi connectivity index (χ0v) is 14.5. The van der Waals surface area contributed by atoms with E-state index in [2.05, 4.69) is 20.6 Å². The minimum absolute atomic E-state index is 0.160. The SMILES string of the molecule is Cc1cc(Nc2ccc(OC(C)C)cc2)nc(NCCCCO)n1. The van der Waals surface area contributed by atoms with Crippen LogP contribution in [0.15, 0.2) is 30.3 Å². The molecule has 0 saturated carbocycles. The molecule has 0 atom stereocenters. The molecule has 6 nitrogen and oxygen atoms in total. The first-order chi connectivity index (χ1) is 11.6. The van der Waals surface area contributed by atoms with Crippen molar-refractivity contribution >= 4 is 17.5 Å². The van der Waals surface area contributed by atoms with Gasteiger partial charge in [-0.15, -0.1) is 0 Å². The van der Waals surface area contributed by atoms with Crippen LogP contribution in [0.25, 0.3) is 0 Å². The molecule has 24 heavy (non-hydrogen) atoms. The summed E-state index contributed by atoms with van der Waals surface area (Å²) < 4.78 is 5.64. The van der Waals surface area contributed by atoms with E-state index in [0.717, 1.165) is 42.3 Å². The molecule has 2 aromatic rings. The quantitative estimate of drug-likeness (QED) is 0.611. The highest BCUT2D eigenvalue weighted by atomic mass is 16.5. The Morgan fingerprint density at radius 3 is 2.54 bits per heavy atom. The fraction of sp³-hybridized carbons (Fsp3) is 0.444. The number of hydrogen-bond donors (Lipinski definition) is 3. The number of aryl methyl sites for hydroxylation is 1. The van der Waals surface area contributed by atoms with Gasteiger partial charge in [-0.25, -0.2) is 4.98 Å². The Bertz CT molecular complexity index is 629. The van der Waals surface area contributed by atoms with E-state index in [4.69, 9.17) is 9.84 Å². The van der Waals surface area contributed by atoms with Crippen molar-refractivity contribution in [3.63, 3.8) is 0 Å². The summed E-state index contributed by atoms with van der Waals surface area (Å²) in [5, 5.41) is 15.3. The zero-order valence-electron chi connectivity index (χ0n) is 14.5. The van der Waals surface area contributed by atoms with Crippen molar-refractivity contribution in [1.29, 1.82) is 0 Å². The summed E-state index contributed by atoms with van der Waals surface area (Å²) in [5.41, 5.74) is 1.83. The second-order valence-electron chi connectivity index (χ2n) is 5.89. The molecule has 0 amide bonds. The molecule has 0 fully saturated rings. The summed E-state index contributed by atoms with van der Waals surface area (Å²) >= 11 is 0. The Kier molecular flexibility index (Phi) is 6.81. The van der Waals surface area contributed by atoms with Crippen LogP contribution >= 0.6 is 0 Å². The molecule has 0 bridgehead atoms. The molecule has 6 heteroatoms. The van der Waals surface area contributed by atoms with E-state index in [-0.39, 0.29) is 12.7 Å². The van der Waals surface area contributed by atoms with Crippen LogP contribution in [-0.2, 0) is 0 Å². The number of unbranched alkanes of at least 4 members (excludes halogenated alkanes) is 1. The topological polar surface area (TPSA) is 79.3 Å². The summed E-state index contributed by atoms with van der Waals surface area (Å²) in [4.78, 5) is 8.85. The second kappa shape index (κ2) is 9.08. The monoisotopic (exact) mass is 330 g/mol. The lowest BCUT2D eigenvalue weighted by Gasteiger charge is -2.12. The third-order valence-corrected chi connectivity index (χ3v) is 3.22. The van der Waals surface area contributed by atoms with E-state index in [1.807, 2.05) is 51.1 Å². The Morgan fingerprint density at radius 2 is 1.88 bits per heavy atom. The van der Waals surface area contributed by atoms with E-state index in [1.165, 1.54) is 0 Å². The van der Waals surface area contributed by atoms with Gasteiger partial charge in [0.05, 0.1) is 6.10 Å². The molecule has 1 aromatic heterocycles. The zero-order chi connectivity index (χ0) is 17.4. The molecule has 1 aromatic carbocycles. The molecule has 1 heterocycles. The molecule has 0 unspecified atom stereocenters. The van der Waals surface area contributed by atoms with Gasteiger partial charge < -0.3 is 20.5 Å². The fourth-order valence-electron chi connectivity index (χ4n) is 2.19. The highest BCUT2D eigenvalue weighted by Gasteiger charge is 2.04. The molecule has 0 spiro atoms. The Labute approximate surface area is 143 Å².